The van der Waals surface area contributed by atoms with Crippen LogP contribution >= 0.6 is 0 Å². The molecule has 0 atom stereocenters. The number of nitrogens with zero attached hydrogens (tertiary/aromatic N) is 3. The fraction of sp³-hybridized carbons (Fsp3) is 0.294. The van der Waals surface area contributed by atoms with Crippen molar-refractivity contribution in [1.29, 1.82) is 0 Å². The Morgan fingerprint density at radius 2 is 2.05 bits per heavy atom. The van der Waals surface area contributed by atoms with Gasteiger partial charge in [-0.1, -0.05) is 12.1 Å². The normalized spacial score (nSPS) is 14.5. The Kier molecular flexibility index (Phi) is 2.82. The summed E-state index contributed by atoms with van der Waals surface area (Å²) in [5, 5.41) is 5.38. The van der Waals surface area contributed by atoms with Gasteiger partial charge in [0.25, 0.3) is 0 Å². The van der Waals surface area contributed by atoms with Gasteiger partial charge in [0.15, 0.2) is 11.6 Å². The maximum Gasteiger partial charge on any atom is 0.159 e. The van der Waals surface area contributed by atoms with Crippen molar-refractivity contribution in [2.24, 2.45) is 0 Å². The lowest BCUT2D eigenvalue weighted by atomic mass is 10.1. The molecule has 0 radical (unpaired) electrons. The van der Waals surface area contributed by atoms with Crippen LogP contribution < -0.4 is 5.32 Å². The van der Waals surface area contributed by atoms with Crippen molar-refractivity contribution in [2.45, 2.75) is 32.7 Å². The monoisotopic (exact) mass is 292 g/mol. The second kappa shape index (κ2) is 4.73. The van der Waals surface area contributed by atoms with Crippen LogP contribution in [0.1, 0.15) is 35.9 Å². The number of aromatic nitrogens is 3. The van der Waals surface area contributed by atoms with E-state index in [1.54, 1.807) is 6.92 Å². The van der Waals surface area contributed by atoms with Gasteiger partial charge in [-0.25, -0.2) is 15.0 Å². The molecule has 2 heterocycles. The van der Waals surface area contributed by atoms with Crippen LogP contribution in [0.3, 0.4) is 0 Å². The minimum Gasteiger partial charge on any atom is -0.366 e. The molecule has 0 aliphatic heterocycles. The predicted molar refractivity (Wildman–Crippen MR) is 86.2 cm³/mol. The summed E-state index contributed by atoms with van der Waals surface area (Å²) < 4.78 is 0. The first-order chi connectivity index (χ1) is 10.6. The lowest BCUT2D eigenvalue weighted by Gasteiger charge is -2.11. The van der Waals surface area contributed by atoms with Crippen LogP contribution in [-0.4, -0.2) is 26.8 Å². The Hall–Kier alpha value is -2.56. The van der Waals surface area contributed by atoms with Crippen molar-refractivity contribution in [3.63, 3.8) is 0 Å². The first-order valence-electron chi connectivity index (χ1n) is 7.46. The van der Waals surface area contributed by atoms with Crippen molar-refractivity contribution in [2.75, 3.05) is 5.32 Å². The van der Waals surface area contributed by atoms with Crippen molar-refractivity contribution < 1.29 is 4.79 Å². The number of aryl methyl sites for hydroxylation is 1. The largest absolute Gasteiger partial charge is 0.366 e. The van der Waals surface area contributed by atoms with E-state index in [2.05, 4.69) is 15.3 Å². The second-order valence-corrected chi connectivity index (χ2v) is 5.85. The van der Waals surface area contributed by atoms with E-state index in [9.17, 15) is 4.79 Å². The van der Waals surface area contributed by atoms with E-state index >= 15 is 0 Å². The molecule has 1 fully saturated rings. The third kappa shape index (κ3) is 2.19. The summed E-state index contributed by atoms with van der Waals surface area (Å²) in [6, 6.07) is 6.09. The minimum absolute atomic E-state index is 0.0423. The molecule has 1 aliphatic carbocycles. The summed E-state index contributed by atoms with van der Waals surface area (Å²) in [7, 11) is 0. The maximum atomic E-state index is 11.6. The zero-order chi connectivity index (χ0) is 15.3. The first kappa shape index (κ1) is 13.1. The Balaban J connectivity index is 2.03. The average Bonchev–Trinajstić information content (AvgIpc) is 3.30. The number of carbonyl (C=O) groups excluding carboxylic acids is 1. The van der Waals surface area contributed by atoms with Crippen LogP contribution in [0.2, 0.25) is 0 Å². The van der Waals surface area contributed by atoms with Gasteiger partial charge in [0.1, 0.15) is 11.3 Å². The van der Waals surface area contributed by atoms with Crippen LogP contribution in [0, 0.1) is 6.92 Å². The smallest absolute Gasteiger partial charge is 0.159 e. The summed E-state index contributed by atoms with van der Waals surface area (Å²) in [4.78, 5) is 25.2. The van der Waals surface area contributed by atoms with E-state index in [0.29, 0.717) is 11.6 Å². The van der Waals surface area contributed by atoms with Crippen molar-refractivity contribution in [3.8, 4) is 0 Å². The van der Waals surface area contributed by atoms with Crippen molar-refractivity contribution >= 4 is 33.4 Å². The average molecular weight is 292 g/mol. The van der Waals surface area contributed by atoms with Crippen LogP contribution in [0.25, 0.3) is 21.8 Å². The van der Waals surface area contributed by atoms with E-state index in [0.717, 1.165) is 33.4 Å². The molecule has 5 heteroatoms. The number of pyridine rings is 1. The molecule has 5 nitrogen and oxygen atoms in total. The van der Waals surface area contributed by atoms with E-state index in [1.807, 2.05) is 31.3 Å². The third-order valence-electron chi connectivity index (χ3n) is 3.98. The van der Waals surface area contributed by atoms with E-state index in [-0.39, 0.29) is 5.78 Å². The topological polar surface area (TPSA) is 67.8 Å². The summed E-state index contributed by atoms with van der Waals surface area (Å²) in [6.45, 7) is 3.45. The fourth-order valence-electron chi connectivity index (χ4n) is 2.61. The number of benzene rings is 1. The standard InChI is InChI=1S/C17H16N4O/c1-9(22)11-3-6-13-14-8-18-10(2)19-16(14)17(20-12-4-5-12)21-15(13)7-11/h3,6-8,12H,4-5H2,1-2H3,(H,20,21). The third-order valence-corrected chi connectivity index (χ3v) is 3.98. The van der Waals surface area contributed by atoms with E-state index in [1.165, 1.54) is 12.8 Å². The highest BCUT2D eigenvalue weighted by Crippen LogP contribution is 2.31. The molecule has 1 N–H and O–H groups in total. The molecule has 1 aromatic carbocycles. The second-order valence-electron chi connectivity index (χ2n) is 5.85. The zero-order valence-electron chi connectivity index (χ0n) is 12.6. The Bertz CT molecular complexity index is 915. The maximum absolute atomic E-state index is 11.6. The number of ketones is 1. The van der Waals surface area contributed by atoms with Gasteiger partial charge in [-0.3, -0.25) is 4.79 Å². The lowest BCUT2D eigenvalue weighted by Crippen LogP contribution is -2.06. The van der Waals surface area contributed by atoms with Gasteiger partial charge in [0, 0.05) is 28.6 Å². The van der Waals surface area contributed by atoms with Gasteiger partial charge < -0.3 is 5.32 Å². The van der Waals surface area contributed by atoms with Crippen LogP contribution in [0.4, 0.5) is 5.82 Å². The number of Topliss-reactive ketones (excluding diaryl/α,β-unsaturated/α-hetero) is 1. The number of fused-ring (bicyclic) bond motifs is 3. The highest BCUT2D eigenvalue weighted by Gasteiger charge is 2.23. The quantitative estimate of drug-likeness (QED) is 0.593. The molecule has 0 bridgehead atoms. The van der Waals surface area contributed by atoms with Crippen molar-refractivity contribution in [3.05, 3.63) is 35.8 Å². The molecule has 0 saturated heterocycles. The lowest BCUT2D eigenvalue weighted by molar-refractivity contribution is 0.101. The molecule has 1 saturated carbocycles. The predicted octanol–water partition coefficient (Wildman–Crippen LogP) is 3.26. The van der Waals surface area contributed by atoms with Gasteiger partial charge in [-0.05, 0) is 32.8 Å². The minimum atomic E-state index is 0.0423. The molecule has 3 aromatic rings. The SMILES string of the molecule is CC(=O)c1ccc2c(c1)nc(NC1CC1)c1nc(C)ncc12. The highest BCUT2D eigenvalue weighted by molar-refractivity contribution is 6.10. The summed E-state index contributed by atoms with van der Waals surface area (Å²) in [5.41, 5.74) is 2.32. The fourth-order valence-corrected chi connectivity index (χ4v) is 2.61. The Labute approximate surface area is 127 Å². The van der Waals surface area contributed by atoms with Crippen LogP contribution in [-0.2, 0) is 0 Å². The number of nitrogens with one attached hydrogen (secondary N) is 1. The van der Waals surface area contributed by atoms with Gasteiger partial charge in [-0.2, -0.15) is 0 Å². The number of carbonyl (C=O) groups is 1. The Morgan fingerprint density at radius 1 is 1.23 bits per heavy atom. The highest BCUT2D eigenvalue weighted by atomic mass is 16.1. The molecule has 0 unspecified atom stereocenters. The number of hydrogen-bond donors (Lipinski definition) is 1. The first-order valence-corrected chi connectivity index (χ1v) is 7.46. The summed E-state index contributed by atoms with van der Waals surface area (Å²) >= 11 is 0. The molecule has 0 amide bonds. The van der Waals surface area contributed by atoms with Gasteiger partial charge in [0.05, 0.1) is 5.52 Å². The molecule has 1 aliphatic rings. The molecule has 4 rings (SSSR count). The van der Waals surface area contributed by atoms with Crippen LogP contribution in [0.15, 0.2) is 24.4 Å². The molecular weight excluding hydrogens is 276 g/mol. The van der Waals surface area contributed by atoms with Gasteiger partial charge in [-0.15, -0.1) is 0 Å². The molecule has 110 valence electrons. The molecule has 22 heavy (non-hydrogen) atoms. The van der Waals surface area contributed by atoms with Gasteiger partial charge in [0.2, 0.25) is 0 Å². The van der Waals surface area contributed by atoms with Crippen LogP contribution in [0.5, 0.6) is 0 Å². The van der Waals surface area contributed by atoms with E-state index in [4.69, 9.17) is 4.98 Å². The number of anilines is 1. The number of rotatable bonds is 3. The zero-order valence-corrected chi connectivity index (χ0v) is 12.6. The molecule has 2 aromatic heterocycles. The molecule has 0 spiro atoms. The molecular formula is C17H16N4O. The summed E-state index contributed by atoms with van der Waals surface area (Å²) in [5.74, 6) is 1.56. The Morgan fingerprint density at radius 3 is 2.77 bits per heavy atom. The summed E-state index contributed by atoms with van der Waals surface area (Å²) in [6.07, 6.45) is 4.17. The van der Waals surface area contributed by atoms with Crippen molar-refractivity contribution in [1.82, 2.24) is 15.0 Å². The van der Waals surface area contributed by atoms with Gasteiger partial charge >= 0.3 is 0 Å². The van der Waals surface area contributed by atoms with E-state index < -0.39 is 0 Å². The number of hydrogen-bond acceptors (Lipinski definition) is 5.